The molecular weight excluding hydrogens is 164 g/mol. The molecule has 2 heteroatoms. The molecule has 0 amide bonds. The highest BCUT2D eigenvalue weighted by atomic mass is 16.5. The predicted molar refractivity (Wildman–Crippen MR) is 50.1 cm³/mol. The molecule has 2 rings (SSSR count). The first-order valence-electron chi connectivity index (χ1n) is 4.80. The Balaban J connectivity index is 1.94. The normalized spacial score (nSPS) is 31.0. The number of esters is 1. The number of carbonyl (C=O) groups is 1. The summed E-state index contributed by atoms with van der Waals surface area (Å²) in [4.78, 5) is 10.7. The topological polar surface area (TPSA) is 26.3 Å². The molecule has 13 heavy (non-hydrogen) atoms. The molecule has 1 saturated carbocycles. The van der Waals surface area contributed by atoms with Crippen LogP contribution in [-0.2, 0) is 9.53 Å². The van der Waals surface area contributed by atoms with Crippen molar-refractivity contribution in [3.63, 3.8) is 0 Å². The van der Waals surface area contributed by atoms with E-state index in [1.165, 1.54) is 12.5 Å². The quantitative estimate of drug-likeness (QED) is 0.575. The van der Waals surface area contributed by atoms with Gasteiger partial charge in [-0.05, 0) is 19.3 Å². The van der Waals surface area contributed by atoms with Crippen molar-refractivity contribution in [2.24, 2.45) is 5.92 Å². The van der Waals surface area contributed by atoms with E-state index in [0.717, 1.165) is 19.3 Å². The summed E-state index contributed by atoms with van der Waals surface area (Å²) < 4.78 is 5.20. The summed E-state index contributed by atoms with van der Waals surface area (Å²) in [6.07, 6.45) is 9.68. The van der Waals surface area contributed by atoms with E-state index in [9.17, 15) is 4.79 Å². The maximum atomic E-state index is 10.7. The van der Waals surface area contributed by atoms with Crippen LogP contribution in [0, 0.1) is 5.92 Å². The lowest BCUT2D eigenvalue weighted by Gasteiger charge is -2.27. The standard InChI is InChI=1S/C11H14O2/c1-8(12)13-11-6-5-9-3-2-4-10(9)7-11/h2-4,10-11H,5-7H2,1H3. The number of rotatable bonds is 1. The van der Waals surface area contributed by atoms with E-state index < -0.39 is 0 Å². The number of allylic oxidation sites excluding steroid dienone is 4. The molecule has 2 aliphatic rings. The Bertz CT molecular complexity index is 276. The fraction of sp³-hybridized carbons (Fsp3) is 0.545. The zero-order valence-electron chi connectivity index (χ0n) is 7.82. The molecule has 0 N–H and O–H groups in total. The molecule has 2 aliphatic carbocycles. The van der Waals surface area contributed by atoms with Crippen LogP contribution in [0.5, 0.6) is 0 Å². The predicted octanol–water partition coefficient (Wildman–Crippen LogP) is 2.21. The van der Waals surface area contributed by atoms with Crippen LogP contribution in [0.25, 0.3) is 0 Å². The lowest BCUT2D eigenvalue weighted by atomic mass is 9.85. The van der Waals surface area contributed by atoms with Gasteiger partial charge in [0.05, 0.1) is 0 Å². The number of hydrogen-bond acceptors (Lipinski definition) is 2. The zero-order valence-corrected chi connectivity index (χ0v) is 7.82. The van der Waals surface area contributed by atoms with Crippen LogP contribution in [0.2, 0.25) is 0 Å². The van der Waals surface area contributed by atoms with Gasteiger partial charge in [0.25, 0.3) is 0 Å². The minimum atomic E-state index is -0.153. The van der Waals surface area contributed by atoms with Gasteiger partial charge in [-0.2, -0.15) is 0 Å². The lowest BCUT2D eigenvalue weighted by molar-refractivity contribution is -0.147. The van der Waals surface area contributed by atoms with Gasteiger partial charge < -0.3 is 4.74 Å². The van der Waals surface area contributed by atoms with Crippen LogP contribution in [0.1, 0.15) is 26.2 Å². The molecular formula is C11H14O2. The van der Waals surface area contributed by atoms with Crippen LogP contribution in [0.15, 0.2) is 23.8 Å². The molecule has 1 fully saturated rings. The van der Waals surface area contributed by atoms with Crippen LogP contribution < -0.4 is 0 Å². The third-order valence-corrected chi connectivity index (χ3v) is 2.73. The smallest absolute Gasteiger partial charge is 0.302 e. The average Bonchev–Trinajstić information content (AvgIpc) is 2.49. The van der Waals surface area contributed by atoms with E-state index in [1.807, 2.05) is 0 Å². The van der Waals surface area contributed by atoms with Gasteiger partial charge in [0.1, 0.15) is 6.10 Å². The first kappa shape index (κ1) is 8.54. The molecule has 2 unspecified atom stereocenters. The summed E-state index contributed by atoms with van der Waals surface area (Å²) in [6, 6.07) is 0. The van der Waals surface area contributed by atoms with Crippen molar-refractivity contribution in [3.8, 4) is 0 Å². The number of fused-ring (bicyclic) bond motifs is 1. The molecule has 0 aliphatic heterocycles. The summed E-state index contributed by atoms with van der Waals surface area (Å²) in [5, 5.41) is 0. The Kier molecular flexibility index (Phi) is 2.21. The van der Waals surface area contributed by atoms with E-state index in [1.54, 1.807) is 0 Å². The highest BCUT2D eigenvalue weighted by Gasteiger charge is 2.27. The Hall–Kier alpha value is -1.05. The molecule has 0 bridgehead atoms. The molecule has 0 aromatic carbocycles. The minimum Gasteiger partial charge on any atom is -0.463 e. The van der Waals surface area contributed by atoms with E-state index in [-0.39, 0.29) is 12.1 Å². The lowest BCUT2D eigenvalue weighted by Crippen LogP contribution is -2.24. The van der Waals surface area contributed by atoms with Crippen LogP contribution in [0.3, 0.4) is 0 Å². The molecule has 70 valence electrons. The van der Waals surface area contributed by atoms with Gasteiger partial charge in [-0.25, -0.2) is 0 Å². The maximum Gasteiger partial charge on any atom is 0.302 e. The Morgan fingerprint density at radius 1 is 1.62 bits per heavy atom. The molecule has 0 radical (unpaired) electrons. The van der Waals surface area contributed by atoms with Crippen molar-refractivity contribution in [2.75, 3.05) is 0 Å². The van der Waals surface area contributed by atoms with Gasteiger partial charge in [0.15, 0.2) is 0 Å². The van der Waals surface area contributed by atoms with Crippen LogP contribution in [0.4, 0.5) is 0 Å². The Labute approximate surface area is 78.3 Å². The van der Waals surface area contributed by atoms with E-state index in [4.69, 9.17) is 4.74 Å². The highest BCUT2D eigenvalue weighted by Crippen LogP contribution is 2.35. The minimum absolute atomic E-state index is 0.141. The van der Waals surface area contributed by atoms with Crippen LogP contribution in [-0.4, -0.2) is 12.1 Å². The summed E-state index contributed by atoms with van der Waals surface area (Å²) >= 11 is 0. The molecule has 0 aromatic rings. The first-order chi connectivity index (χ1) is 6.25. The van der Waals surface area contributed by atoms with Crippen molar-refractivity contribution < 1.29 is 9.53 Å². The number of carbonyl (C=O) groups excluding carboxylic acids is 1. The Morgan fingerprint density at radius 2 is 2.46 bits per heavy atom. The number of ether oxygens (including phenoxy) is 1. The molecule has 0 heterocycles. The van der Waals surface area contributed by atoms with E-state index in [0.29, 0.717) is 5.92 Å². The van der Waals surface area contributed by atoms with E-state index >= 15 is 0 Å². The maximum absolute atomic E-state index is 10.7. The largest absolute Gasteiger partial charge is 0.463 e. The monoisotopic (exact) mass is 178 g/mol. The third-order valence-electron chi connectivity index (χ3n) is 2.73. The SMILES string of the molecule is CC(=O)OC1CCC2=CC=CC2C1. The average molecular weight is 178 g/mol. The van der Waals surface area contributed by atoms with Gasteiger partial charge in [0.2, 0.25) is 0 Å². The molecule has 0 spiro atoms. The zero-order chi connectivity index (χ0) is 9.26. The fourth-order valence-corrected chi connectivity index (χ4v) is 2.13. The summed E-state index contributed by atoms with van der Waals surface area (Å²) in [5.41, 5.74) is 1.50. The molecule has 0 aromatic heterocycles. The first-order valence-corrected chi connectivity index (χ1v) is 4.80. The molecule has 2 atom stereocenters. The van der Waals surface area contributed by atoms with Gasteiger partial charge in [-0.15, -0.1) is 0 Å². The summed E-state index contributed by atoms with van der Waals surface area (Å²) in [6.45, 7) is 1.48. The second-order valence-electron chi connectivity index (χ2n) is 3.74. The van der Waals surface area contributed by atoms with Crippen molar-refractivity contribution in [1.82, 2.24) is 0 Å². The second kappa shape index (κ2) is 3.36. The van der Waals surface area contributed by atoms with Crippen molar-refractivity contribution in [2.45, 2.75) is 32.3 Å². The second-order valence-corrected chi connectivity index (χ2v) is 3.74. The molecule has 2 nitrogen and oxygen atoms in total. The highest BCUT2D eigenvalue weighted by molar-refractivity contribution is 5.66. The van der Waals surface area contributed by atoms with Crippen molar-refractivity contribution >= 4 is 5.97 Å². The van der Waals surface area contributed by atoms with Gasteiger partial charge in [0, 0.05) is 12.8 Å². The van der Waals surface area contributed by atoms with Crippen molar-refractivity contribution in [1.29, 1.82) is 0 Å². The molecule has 0 saturated heterocycles. The fourth-order valence-electron chi connectivity index (χ4n) is 2.13. The van der Waals surface area contributed by atoms with Gasteiger partial charge in [-0.3, -0.25) is 4.79 Å². The van der Waals surface area contributed by atoms with Gasteiger partial charge in [-0.1, -0.05) is 23.8 Å². The number of hydrogen-bond donors (Lipinski definition) is 0. The summed E-state index contributed by atoms with van der Waals surface area (Å²) in [7, 11) is 0. The van der Waals surface area contributed by atoms with Crippen molar-refractivity contribution in [3.05, 3.63) is 23.8 Å². The summed E-state index contributed by atoms with van der Waals surface area (Å²) in [5.74, 6) is 0.387. The van der Waals surface area contributed by atoms with Crippen LogP contribution >= 0.6 is 0 Å². The Morgan fingerprint density at radius 3 is 3.23 bits per heavy atom. The third kappa shape index (κ3) is 1.82. The van der Waals surface area contributed by atoms with Gasteiger partial charge >= 0.3 is 5.97 Å². The van der Waals surface area contributed by atoms with E-state index in [2.05, 4.69) is 18.2 Å².